The molecular formula is C17H24N4O. The lowest BCUT2D eigenvalue weighted by Gasteiger charge is -2.21. The molecule has 2 aromatic rings. The maximum atomic E-state index is 12.4. The Kier molecular flexibility index (Phi) is 6.15. The van der Waals surface area contributed by atoms with Gasteiger partial charge in [0.05, 0.1) is 18.1 Å². The molecule has 0 unspecified atom stereocenters. The number of aromatic amines is 1. The van der Waals surface area contributed by atoms with E-state index in [9.17, 15) is 4.79 Å². The van der Waals surface area contributed by atoms with Crippen molar-refractivity contribution in [3.8, 4) is 0 Å². The van der Waals surface area contributed by atoms with Crippen LogP contribution in [0, 0.1) is 5.92 Å². The Morgan fingerprint density at radius 2 is 2.05 bits per heavy atom. The second-order valence-corrected chi connectivity index (χ2v) is 5.69. The summed E-state index contributed by atoms with van der Waals surface area (Å²) >= 11 is 0. The van der Waals surface area contributed by atoms with Crippen molar-refractivity contribution in [3.05, 3.63) is 54.1 Å². The van der Waals surface area contributed by atoms with Gasteiger partial charge in [-0.15, -0.1) is 0 Å². The first-order valence-electron chi connectivity index (χ1n) is 7.69. The first-order valence-corrected chi connectivity index (χ1v) is 7.69. The zero-order valence-electron chi connectivity index (χ0n) is 13.2. The molecule has 1 aromatic carbocycles. The maximum absolute atomic E-state index is 12.4. The van der Waals surface area contributed by atoms with E-state index in [1.165, 1.54) is 0 Å². The Balaban J connectivity index is 1.80. The molecule has 5 nitrogen and oxygen atoms in total. The highest BCUT2D eigenvalue weighted by Gasteiger charge is 2.21. The van der Waals surface area contributed by atoms with E-state index in [2.05, 4.69) is 20.6 Å². The fraction of sp³-hybridized carbons (Fsp3) is 0.412. The average molecular weight is 300 g/mol. The number of carbonyl (C=O) groups is 1. The van der Waals surface area contributed by atoms with Gasteiger partial charge in [-0.3, -0.25) is 4.79 Å². The number of aromatic nitrogens is 2. The summed E-state index contributed by atoms with van der Waals surface area (Å²) in [6.07, 6.45) is 4.35. The molecule has 0 bridgehead atoms. The van der Waals surface area contributed by atoms with E-state index in [1.54, 1.807) is 6.33 Å². The Labute approximate surface area is 131 Å². The molecule has 0 aliphatic rings. The van der Waals surface area contributed by atoms with E-state index >= 15 is 0 Å². The number of benzene rings is 1. The van der Waals surface area contributed by atoms with Gasteiger partial charge in [0.1, 0.15) is 0 Å². The highest BCUT2D eigenvalue weighted by molar-refractivity contribution is 5.81. The topological polar surface area (TPSA) is 69.8 Å². The van der Waals surface area contributed by atoms with Crippen molar-refractivity contribution >= 4 is 5.91 Å². The van der Waals surface area contributed by atoms with E-state index in [0.717, 1.165) is 24.2 Å². The summed E-state index contributed by atoms with van der Waals surface area (Å²) in [5.74, 6) is 0.274. The van der Waals surface area contributed by atoms with Crippen LogP contribution in [0.3, 0.4) is 0 Å². The number of nitrogens with zero attached hydrogens (tertiary/aromatic N) is 1. The van der Waals surface area contributed by atoms with E-state index in [1.807, 2.05) is 50.4 Å². The van der Waals surface area contributed by atoms with Crippen molar-refractivity contribution in [2.24, 2.45) is 5.92 Å². The summed E-state index contributed by atoms with van der Waals surface area (Å²) < 4.78 is 0. The van der Waals surface area contributed by atoms with Crippen molar-refractivity contribution in [2.75, 3.05) is 6.54 Å². The zero-order valence-corrected chi connectivity index (χ0v) is 13.2. The van der Waals surface area contributed by atoms with Gasteiger partial charge in [0.25, 0.3) is 0 Å². The smallest absolute Gasteiger partial charge is 0.237 e. The van der Waals surface area contributed by atoms with E-state index in [4.69, 9.17) is 0 Å². The Hall–Kier alpha value is -2.14. The molecule has 1 amide bonds. The van der Waals surface area contributed by atoms with Crippen LogP contribution in [0.1, 0.15) is 25.1 Å². The van der Waals surface area contributed by atoms with Gasteiger partial charge in [0.15, 0.2) is 0 Å². The van der Waals surface area contributed by atoms with Crippen molar-refractivity contribution in [1.29, 1.82) is 0 Å². The number of hydrogen-bond acceptors (Lipinski definition) is 3. The van der Waals surface area contributed by atoms with Crippen LogP contribution in [-0.2, 0) is 17.8 Å². The molecule has 0 saturated carbocycles. The molecule has 1 atom stereocenters. The first kappa shape index (κ1) is 16.2. The quantitative estimate of drug-likeness (QED) is 0.697. The molecule has 0 aliphatic heterocycles. The normalized spacial score (nSPS) is 12.3. The number of imidazole rings is 1. The van der Waals surface area contributed by atoms with E-state index < -0.39 is 0 Å². The number of rotatable bonds is 8. The van der Waals surface area contributed by atoms with Crippen LogP contribution in [0.2, 0.25) is 0 Å². The summed E-state index contributed by atoms with van der Waals surface area (Å²) in [7, 11) is 0. The fourth-order valence-corrected chi connectivity index (χ4v) is 2.31. The number of nitrogens with one attached hydrogen (secondary N) is 3. The van der Waals surface area contributed by atoms with Gasteiger partial charge >= 0.3 is 0 Å². The Bertz CT molecular complexity index is 551. The third-order valence-electron chi connectivity index (χ3n) is 3.56. The van der Waals surface area contributed by atoms with Gasteiger partial charge in [0, 0.05) is 25.7 Å². The van der Waals surface area contributed by atoms with E-state index in [0.29, 0.717) is 6.54 Å². The van der Waals surface area contributed by atoms with Gasteiger partial charge in [-0.05, 0) is 11.5 Å². The SMILES string of the molecule is CC(C)[C@H](NCCc1c[nH]cn1)C(=O)NCc1ccccc1. The summed E-state index contributed by atoms with van der Waals surface area (Å²) in [5.41, 5.74) is 2.11. The van der Waals surface area contributed by atoms with Crippen molar-refractivity contribution < 1.29 is 4.79 Å². The van der Waals surface area contributed by atoms with Gasteiger partial charge in [0.2, 0.25) is 5.91 Å². The molecule has 0 fully saturated rings. The van der Waals surface area contributed by atoms with Crippen LogP contribution in [0.4, 0.5) is 0 Å². The van der Waals surface area contributed by atoms with Crippen molar-refractivity contribution in [1.82, 2.24) is 20.6 Å². The first-order chi connectivity index (χ1) is 10.7. The highest BCUT2D eigenvalue weighted by atomic mass is 16.2. The van der Waals surface area contributed by atoms with Crippen LogP contribution < -0.4 is 10.6 Å². The lowest BCUT2D eigenvalue weighted by Crippen LogP contribution is -2.47. The fourth-order valence-electron chi connectivity index (χ4n) is 2.31. The summed E-state index contributed by atoms with van der Waals surface area (Å²) in [5, 5.41) is 6.33. The predicted molar refractivity (Wildman–Crippen MR) is 87.2 cm³/mol. The summed E-state index contributed by atoms with van der Waals surface area (Å²) in [6, 6.07) is 9.75. The minimum atomic E-state index is -0.192. The zero-order chi connectivity index (χ0) is 15.8. The number of amides is 1. The lowest BCUT2D eigenvalue weighted by atomic mass is 10.0. The van der Waals surface area contributed by atoms with Crippen molar-refractivity contribution in [2.45, 2.75) is 32.9 Å². The summed E-state index contributed by atoms with van der Waals surface area (Å²) in [4.78, 5) is 19.5. The second-order valence-electron chi connectivity index (χ2n) is 5.69. The van der Waals surface area contributed by atoms with Crippen LogP contribution in [0.5, 0.6) is 0 Å². The standard InChI is InChI=1S/C17H24N4O/c1-13(2)16(19-9-8-15-11-18-12-21-15)17(22)20-10-14-6-4-3-5-7-14/h3-7,11-13,16,19H,8-10H2,1-2H3,(H,18,21)(H,20,22)/t16-/m0/s1. The molecule has 0 aliphatic carbocycles. The van der Waals surface area contributed by atoms with Gasteiger partial charge in [-0.2, -0.15) is 0 Å². The molecule has 1 heterocycles. The van der Waals surface area contributed by atoms with Crippen LogP contribution >= 0.6 is 0 Å². The van der Waals surface area contributed by atoms with Crippen LogP contribution in [0.25, 0.3) is 0 Å². The second kappa shape index (κ2) is 8.34. The highest BCUT2D eigenvalue weighted by Crippen LogP contribution is 2.04. The summed E-state index contributed by atoms with van der Waals surface area (Å²) in [6.45, 7) is 5.39. The molecule has 118 valence electrons. The van der Waals surface area contributed by atoms with Gasteiger partial charge in [-0.1, -0.05) is 44.2 Å². The molecule has 22 heavy (non-hydrogen) atoms. The Morgan fingerprint density at radius 1 is 1.27 bits per heavy atom. The molecule has 5 heteroatoms. The third kappa shape index (κ3) is 5.00. The third-order valence-corrected chi connectivity index (χ3v) is 3.56. The van der Waals surface area contributed by atoms with Crippen LogP contribution in [-0.4, -0.2) is 28.5 Å². The minimum Gasteiger partial charge on any atom is -0.351 e. The molecule has 0 saturated heterocycles. The number of carbonyl (C=O) groups excluding carboxylic acids is 1. The molecule has 0 radical (unpaired) electrons. The molecule has 1 aromatic heterocycles. The predicted octanol–water partition coefficient (Wildman–Crippen LogP) is 1.88. The molecule has 3 N–H and O–H groups in total. The number of hydrogen-bond donors (Lipinski definition) is 3. The van der Waals surface area contributed by atoms with Crippen molar-refractivity contribution in [3.63, 3.8) is 0 Å². The van der Waals surface area contributed by atoms with Gasteiger partial charge in [-0.25, -0.2) is 4.98 Å². The molecule has 2 rings (SSSR count). The Morgan fingerprint density at radius 3 is 2.68 bits per heavy atom. The molecule has 0 spiro atoms. The largest absolute Gasteiger partial charge is 0.351 e. The monoisotopic (exact) mass is 300 g/mol. The number of H-pyrrole nitrogens is 1. The lowest BCUT2D eigenvalue weighted by molar-refractivity contribution is -0.124. The average Bonchev–Trinajstić information content (AvgIpc) is 3.03. The minimum absolute atomic E-state index is 0.0425. The van der Waals surface area contributed by atoms with Gasteiger partial charge < -0.3 is 15.6 Å². The van der Waals surface area contributed by atoms with E-state index in [-0.39, 0.29) is 17.9 Å². The maximum Gasteiger partial charge on any atom is 0.237 e. The van der Waals surface area contributed by atoms with Crippen LogP contribution in [0.15, 0.2) is 42.9 Å². The molecular weight excluding hydrogens is 276 g/mol.